The van der Waals surface area contributed by atoms with Crippen LogP contribution in [-0.4, -0.2) is 68.6 Å². The Morgan fingerprint density at radius 1 is 1.13 bits per heavy atom. The fraction of sp³-hybridized carbons (Fsp3) is 0.391. The van der Waals surface area contributed by atoms with Crippen LogP contribution in [0.2, 0.25) is 5.02 Å². The Kier molecular flexibility index (Phi) is 6.34. The summed E-state index contributed by atoms with van der Waals surface area (Å²) in [5, 5.41) is 3.54. The maximum absolute atomic E-state index is 13.0. The number of hydrogen-bond acceptors (Lipinski definition) is 5. The number of hydrogen-bond donors (Lipinski definition) is 1. The quantitative estimate of drug-likeness (QED) is 0.786. The number of amides is 2. The van der Waals surface area contributed by atoms with Crippen LogP contribution in [0.5, 0.6) is 11.5 Å². The summed E-state index contributed by atoms with van der Waals surface area (Å²) >= 11 is 6.08. The molecule has 164 valence electrons. The maximum atomic E-state index is 13.0. The summed E-state index contributed by atoms with van der Waals surface area (Å²) in [7, 11) is 3.58. The summed E-state index contributed by atoms with van der Waals surface area (Å²) in [6.45, 7) is 3.34. The van der Waals surface area contributed by atoms with E-state index in [1.54, 1.807) is 24.3 Å². The van der Waals surface area contributed by atoms with Crippen LogP contribution in [0.4, 0.5) is 5.69 Å². The van der Waals surface area contributed by atoms with E-state index >= 15 is 0 Å². The number of anilines is 1. The number of benzene rings is 2. The van der Waals surface area contributed by atoms with Crippen LogP contribution in [0.25, 0.3) is 0 Å². The number of carbonyl (C=O) groups is 2. The predicted molar refractivity (Wildman–Crippen MR) is 119 cm³/mol. The molecule has 1 saturated heterocycles. The molecule has 1 N–H and O–H groups in total. The topological polar surface area (TPSA) is 71.1 Å². The Morgan fingerprint density at radius 3 is 2.65 bits per heavy atom. The number of halogens is 1. The van der Waals surface area contributed by atoms with Gasteiger partial charge in [-0.2, -0.15) is 0 Å². The zero-order valence-corrected chi connectivity index (χ0v) is 18.4. The molecule has 2 aromatic rings. The molecule has 2 aromatic carbocycles. The van der Waals surface area contributed by atoms with Crippen LogP contribution in [0.1, 0.15) is 15.9 Å². The minimum absolute atomic E-state index is 0.0455. The predicted octanol–water partition coefficient (Wildman–Crippen LogP) is 2.93. The number of rotatable bonds is 4. The van der Waals surface area contributed by atoms with E-state index < -0.39 is 0 Å². The molecule has 4 rings (SSSR count). The highest BCUT2D eigenvalue weighted by Crippen LogP contribution is 2.32. The molecule has 1 unspecified atom stereocenters. The summed E-state index contributed by atoms with van der Waals surface area (Å²) < 4.78 is 11.1. The standard InChI is InChI=1S/C23H26ClN3O4/c1-26-7-9-27(10-8-26)23(29)15-3-5-21(30-2)19(13-15)25-22(28)17-11-16-12-18(24)4-6-20(16)31-14-17/h3-6,12-13,17H,7-11,14H2,1-2H3,(H,25,28). The van der Waals surface area contributed by atoms with Gasteiger partial charge in [0, 0.05) is 36.8 Å². The van der Waals surface area contributed by atoms with E-state index in [0.29, 0.717) is 41.5 Å². The van der Waals surface area contributed by atoms with Crippen molar-refractivity contribution in [3.8, 4) is 11.5 Å². The van der Waals surface area contributed by atoms with Gasteiger partial charge in [-0.15, -0.1) is 0 Å². The third-order valence-electron chi connectivity index (χ3n) is 5.79. The van der Waals surface area contributed by atoms with E-state index in [1.807, 2.05) is 24.1 Å². The van der Waals surface area contributed by atoms with E-state index in [-0.39, 0.29) is 24.3 Å². The number of nitrogens with one attached hydrogen (secondary N) is 1. The van der Waals surface area contributed by atoms with Crippen LogP contribution in [0.3, 0.4) is 0 Å². The van der Waals surface area contributed by atoms with Crippen LogP contribution >= 0.6 is 11.6 Å². The first kappa shape index (κ1) is 21.5. The molecule has 0 bridgehead atoms. The summed E-state index contributed by atoms with van der Waals surface area (Å²) in [5.74, 6) is 0.658. The molecule has 0 spiro atoms. The number of likely N-dealkylation sites (N-methyl/N-ethyl adjacent to an activating group) is 1. The van der Waals surface area contributed by atoms with Gasteiger partial charge in [0.15, 0.2) is 0 Å². The highest BCUT2D eigenvalue weighted by Gasteiger charge is 2.27. The molecular weight excluding hydrogens is 418 g/mol. The second-order valence-electron chi connectivity index (χ2n) is 7.96. The average molecular weight is 444 g/mol. The monoisotopic (exact) mass is 443 g/mol. The first-order valence-corrected chi connectivity index (χ1v) is 10.7. The smallest absolute Gasteiger partial charge is 0.254 e. The van der Waals surface area contributed by atoms with Gasteiger partial charge in [0.25, 0.3) is 5.91 Å². The molecule has 8 heteroatoms. The van der Waals surface area contributed by atoms with Gasteiger partial charge in [0.1, 0.15) is 18.1 Å². The number of nitrogens with zero attached hydrogens (tertiary/aromatic N) is 2. The Bertz CT molecular complexity index is 989. The first-order chi connectivity index (χ1) is 14.9. The summed E-state index contributed by atoms with van der Waals surface area (Å²) in [6.07, 6.45) is 0.532. The number of ether oxygens (including phenoxy) is 2. The minimum Gasteiger partial charge on any atom is -0.495 e. The van der Waals surface area contributed by atoms with Gasteiger partial charge < -0.3 is 24.6 Å². The van der Waals surface area contributed by atoms with Gasteiger partial charge in [-0.3, -0.25) is 9.59 Å². The Hall–Kier alpha value is -2.77. The van der Waals surface area contributed by atoms with Crippen molar-refractivity contribution in [3.63, 3.8) is 0 Å². The van der Waals surface area contributed by atoms with Crippen LogP contribution in [-0.2, 0) is 11.2 Å². The summed E-state index contributed by atoms with van der Waals surface area (Å²) in [5.41, 5.74) is 1.91. The van der Waals surface area contributed by atoms with E-state index in [2.05, 4.69) is 10.2 Å². The molecule has 0 radical (unpaired) electrons. The fourth-order valence-corrected chi connectivity index (χ4v) is 4.09. The third kappa shape index (κ3) is 4.78. The fourth-order valence-electron chi connectivity index (χ4n) is 3.90. The van der Waals surface area contributed by atoms with Crippen molar-refractivity contribution in [2.45, 2.75) is 6.42 Å². The lowest BCUT2D eigenvalue weighted by Gasteiger charge is -2.32. The van der Waals surface area contributed by atoms with Crippen LogP contribution in [0.15, 0.2) is 36.4 Å². The van der Waals surface area contributed by atoms with Gasteiger partial charge >= 0.3 is 0 Å². The van der Waals surface area contributed by atoms with Gasteiger partial charge in [0.05, 0.1) is 18.7 Å². The molecule has 2 heterocycles. The first-order valence-electron chi connectivity index (χ1n) is 10.3. The molecule has 2 aliphatic heterocycles. The number of methoxy groups -OCH3 is 1. The van der Waals surface area contributed by atoms with E-state index in [4.69, 9.17) is 21.1 Å². The van der Waals surface area contributed by atoms with Crippen molar-refractivity contribution < 1.29 is 19.1 Å². The van der Waals surface area contributed by atoms with Crippen molar-refractivity contribution in [1.82, 2.24) is 9.80 Å². The normalized spacial score (nSPS) is 18.7. The van der Waals surface area contributed by atoms with Gasteiger partial charge in [-0.1, -0.05) is 11.6 Å². The van der Waals surface area contributed by atoms with E-state index in [0.717, 1.165) is 24.4 Å². The van der Waals surface area contributed by atoms with E-state index in [1.165, 1.54) is 7.11 Å². The van der Waals surface area contributed by atoms with Crippen molar-refractivity contribution in [3.05, 3.63) is 52.5 Å². The van der Waals surface area contributed by atoms with Crippen molar-refractivity contribution >= 4 is 29.1 Å². The molecule has 31 heavy (non-hydrogen) atoms. The molecule has 2 amide bonds. The molecule has 2 aliphatic rings. The van der Waals surface area contributed by atoms with Gasteiger partial charge in [-0.25, -0.2) is 0 Å². The molecule has 0 aliphatic carbocycles. The zero-order valence-electron chi connectivity index (χ0n) is 17.7. The Balaban J connectivity index is 1.49. The lowest BCUT2D eigenvalue weighted by Crippen LogP contribution is -2.47. The number of piperazine rings is 1. The number of fused-ring (bicyclic) bond motifs is 1. The second-order valence-corrected chi connectivity index (χ2v) is 8.40. The Labute approximate surface area is 186 Å². The van der Waals surface area contributed by atoms with Gasteiger partial charge in [0.2, 0.25) is 5.91 Å². The molecule has 1 fully saturated rings. The van der Waals surface area contributed by atoms with Crippen LogP contribution < -0.4 is 14.8 Å². The molecule has 1 atom stereocenters. The molecular formula is C23H26ClN3O4. The van der Waals surface area contributed by atoms with Crippen molar-refractivity contribution in [1.29, 1.82) is 0 Å². The second kappa shape index (κ2) is 9.16. The minimum atomic E-state index is -0.368. The molecule has 0 aromatic heterocycles. The maximum Gasteiger partial charge on any atom is 0.254 e. The lowest BCUT2D eigenvalue weighted by atomic mass is 9.96. The summed E-state index contributed by atoms with van der Waals surface area (Å²) in [4.78, 5) is 29.9. The van der Waals surface area contributed by atoms with E-state index in [9.17, 15) is 9.59 Å². The van der Waals surface area contributed by atoms with Crippen molar-refractivity contribution in [2.24, 2.45) is 5.92 Å². The zero-order chi connectivity index (χ0) is 22.0. The largest absolute Gasteiger partial charge is 0.495 e. The number of carbonyl (C=O) groups excluding carboxylic acids is 2. The lowest BCUT2D eigenvalue weighted by molar-refractivity contribution is -0.121. The Morgan fingerprint density at radius 2 is 1.90 bits per heavy atom. The average Bonchev–Trinajstić information content (AvgIpc) is 2.78. The van der Waals surface area contributed by atoms with Crippen LogP contribution in [0, 0.1) is 5.92 Å². The SMILES string of the molecule is COc1ccc(C(=O)N2CCN(C)CC2)cc1NC(=O)C1COc2ccc(Cl)cc2C1. The van der Waals surface area contributed by atoms with Gasteiger partial charge in [-0.05, 0) is 55.4 Å². The highest BCUT2D eigenvalue weighted by atomic mass is 35.5. The molecule has 7 nitrogen and oxygen atoms in total. The molecule has 0 saturated carbocycles. The third-order valence-corrected chi connectivity index (χ3v) is 6.03. The highest BCUT2D eigenvalue weighted by molar-refractivity contribution is 6.30. The summed E-state index contributed by atoms with van der Waals surface area (Å²) in [6, 6.07) is 10.6. The van der Waals surface area contributed by atoms with Crippen molar-refractivity contribution in [2.75, 3.05) is 52.3 Å².